The highest BCUT2D eigenvalue weighted by Crippen LogP contribution is 2.52. The molecule has 0 aliphatic heterocycles. The van der Waals surface area contributed by atoms with E-state index in [4.69, 9.17) is 4.74 Å². The first-order chi connectivity index (χ1) is 22.8. The third-order valence-corrected chi connectivity index (χ3v) is 13.8. The third-order valence-electron chi connectivity index (χ3n) is 10.0. The van der Waals surface area contributed by atoms with Crippen LogP contribution in [0.15, 0.2) is 140 Å². The van der Waals surface area contributed by atoms with Gasteiger partial charge in [-0.05, 0) is 93.2 Å². The Balaban J connectivity index is 1.49. The molecule has 1 aliphatic carbocycles. The Morgan fingerprint density at radius 2 is 1.11 bits per heavy atom. The molecule has 0 N–H and O–H groups in total. The van der Waals surface area contributed by atoms with Gasteiger partial charge in [0.1, 0.15) is 12.4 Å². The largest absolute Gasteiger partial charge is 0.489 e. The number of hydrogen-bond donors (Lipinski definition) is 0. The van der Waals surface area contributed by atoms with E-state index in [0.29, 0.717) is 6.61 Å². The molecule has 0 atom stereocenters. The summed E-state index contributed by atoms with van der Waals surface area (Å²) in [6.45, 7) is 16.2. The first kappa shape index (κ1) is 30.7. The molecule has 0 spiro atoms. The Morgan fingerprint density at radius 3 is 1.64 bits per heavy atom. The summed E-state index contributed by atoms with van der Waals surface area (Å²) in [6, 6.07) is 47.2. The second-order valence-corrected chi connectivity index (χ2v) is 18.1. The lowest BCUT2D eigenvalue weighted by atomic mass is 9.95. The second-order valence-electron chi connectivity index (χ2n) is 13.5. The molecular formula is C45H42OSi. The molecule has 7 rings (SSSR count). The first-order valence-corrected chi connectivity index (χ1v) is 19.7. The molecule has 0 unspecified atom stereocenters. The first-order valence-electron chi connectivity index (χ1n) is 16.6. The fraction of sp³-hybridized carbons (Fsp3) is 0.156. The van der Waals surface area contributed by atoms with Gasteiger partial charge in [0.25, 0.3) is 0 Å². The van der Waals surface area contributed by atoms with E-state index in [2.05, 4.69) is 168 Å². The van der Waals surface area contributed by atoms with Crippen LogP contribution in [0, 0.1) is 20.8 Å². The van der Waals surface area contributed by atoms with Crippen molar-refractivity contribution >= 4 is 13.3 Å². The van der Waals surface area contributed by atoms with Gasteiger partial charge in [-0.3, -0.25) is 0 Å². The number of benzene rings is 6. The predicted octanol–water partition coefficient (Wildman–Crippen LogP) is 11.4. The number of fused-ring (bicyclic) bond motifs is 3. The summed E-state index contributed by atoms with van der Waals surface area (Å²) < 4.78 is 6.68. The van der Waals surface area contributed by atoms with Crippen LogP contribution in [-0.4, -0.2) is 14.7 Å². The number of hydrogen-bond acceptors (Lipinski definition) is 1. The van der Waals surface area contributed by atoms with E-state index < -0.39 is 8.07 Å². The quantitative estimate of drug-likeness (QED) is 0.121. The van der Waals surface area contributed by atoms with Crippen LogP contribution in [0.1, 0.15) is 33.4 Å². The highest BCUT2D eigenvalue weighted by molar-refractivity contribution is 6.92. The van der Waals surface area contributed by atoms with Gasteiger partial charge >= 0.3 is 0 Å². The molecule has 1 nitrogen and oxygen atoms in total. The van der Waals surface area contributed by atoms with E-state index in [1.54, 1.807) is 0 Å². The average Bonchev–Trinajstić information content (AvgIpc) is 3.42. The summed E-state index contributed by atoms with van der Waals surface area (Å²) in [5, 5.41) is 1.35. The van der Waals surface area contributed by atoms with Crippen LogP contribution < -0.4 is 9.92 Å². The lowest BCUT2D eigenvalue weighted by Gasteiger charge is -2.35. The molecule has 0 heterocycles. The van der Waals surface area contributed by atoms with Crippen LogP contribution >= 0.6 is 0 Å². The zero-order valence-corrected chi connectivity index (χ0v) is 29.1. The van der Waals surface area contributed by atoms with Gasteiger partial charge in [0, 0.05) is 11.1 Å². The van der Waals surface area contributed by atoms with Gasteiger partial charge in [-0.15, -0.1) is 0 Å². The molecule has 0 saturated carbocycles. The predicted molar refractivity (Wildman–Crippen MR) is 203 cm³/mol. The molecule has 0 saturated heterocycles. The minimum Gasteiger partial charge on any atom is -0.489 e. The van der Waals surface area contributed by atoms with E-state index in [1.807, 2.05) is 6.08 Å². The maximum Gasteiger partial charge on any atom is 0.126 e. The van der Waals surface area contributed by atoms with Crippen molar-refractivity contribution in [3.63, 3.8) is 0 Å². The van der Waals surface area contributed by atoms with Gasteiger partial charge < -0.3 is 4.74 Å². The Morgan fingerprint density at radius 1 is 0.574 bits per heavy atom. The van der Waals surface area contributed by atoms with Crippen molar-refractivity contribution in [2.24, 2.45) is 0 Å². The Kier molecular flexibility index (Phi) is 8.07. The fourth-order valence-corrected chi connectivity index (χ4v) is 11.4. The highest BCUT2D eigenvalue weighted by Gasteiger charge is 2.44. The molecule has 2 heteroatoms. The topological polar surface area (TPSA) is 9.23 Å². The van der Waals surface area contributed by atoms with Crippen molar-refractivity contribution in [1.82, 2.24) is 0 Å². The zero-order valence-electron chi connectivity index (χ0n) is 28.1. The van der Waals surface area contributed by atoms with Crippen LogP contribution in [0.2, 0.25) is 13.1 Å². The lowest BCUT2D eigenvalue weighted by Crippen LogP contribution is -2.48. The molecule has 47 heavy (non-hydrogen) atoms. The number of aryl methyl sites for hydroxylation is 3. The summed E-state index contributed by atoms with van der Waals surface area (Å²) in [5.41, 5.74) is 17.1. The number of rotatable bonds is 8. The van der Waals surface area contributed by atoms with Crippen molar-refractivity contribution in [3.8, 4) is 50.3 Å². The third kappa shape index (κ3) is 5.47. The summed E-state index contributed by atoms with van der Waals surface area (Å²) in [5.74, 6) is 0.999. The van der Waals surface area contributed by atoms with E-state index in [-0.39, 0.29) is 5.54 Å². The van der Waals surface area contributed by atoms with Gasteiger partial charge in [0.2, 0.25) is 0 Å². The fourth-order valence-electron chi connectivity index (χ4n) is 7.70. The Bertz CT molecular complexity index is 2030. The van der Waals surface area contributed by atoms with Gasteiger partial charge in [0.05, 0.1) is 8.07 Å². The normalized spacial score (nSPS) is 12.4. The zero-order chi connectivity index (χ0) is 32.7. The molecular weight excluding hydrogens is 585 g/mol. The minimum atomic E-state index is -2.37. The molecule has 0 radical (unpaired) electrons. The molecule has 1 aliphatic rings. The van der Waals surface area contributed by atoms with Gasteiger partial charge in [-0.2, -0.15) is 0 Å². The van der Waals surface area contributed by atoms with Crippen molar-refractivity contribution in [2.75, 3.05) is 6.61 Å². The molecule has 6 aromatic carbocycles. The standard InChI is InChI=1S/C45H42OSi/c1-7-25-46-44-40(33-17-9-8-10-18-33)26-30(2)27-43(44)47(5,6)45-41-28-34(36-19-13-11-15-31(36)3)21-23-38(41)39-24-22-35(29-42(39)45)37-20-14-12-16-32(37)4/h7-24,26-29,45H,1,25H2,2-6H3. The smallest absolute Gasteiger partial charge is 0.126 e. The lowest BCUT2D eigenvalue weighted by molar-refractivity contribution is 0.367. The van der Waals surface area contributed by atoms with E-state index in [1.165, 1.54) is 71.9 Å². The summed E-state index contributed by atoms with van der Waals surface area (Å²) in [6.07, 6.45) is 1.86. The van der Waals surface area contributed by atoms with Gasteiger partial charge in [-0.1, -0.05) is 153 Å². The van der Waals surface area contributed by atoms with Gasteiger partial charge in [-0.25, -0.2) is 0 Å². The molecule has 0 amide bonds. The molecule has 0 bridgehead atoms. The maximum atomic E-state index is 6.68. The van der Waals surface area contributed by atoms with Crippen LogP contribution in [-0.2, 0) is 0 Å². The molecule has 232 valence electrons. The summed E-state index contributed by atoms with van der Waals surface area (Å²) in [4.78, 5) is 0. The van der Waals surface area contributed by atoms with Crippen LogP contribution in [0.25, 0.3) is 44.5 Å². The summed E-state index contributed by atoms with van der Waals surface area (Å²) in [7, 11) is -2.37. The monoisotopic (exact) mass is 626 g/mol. The minimum absolute atomic E-state index is 0.233. The van der Waals surface area contributed by atoms with Crippen molar-refractivity contribution < 1.29 is 4.74 Å². The molecule has 0 aromatic heterocycles. The Hall–Kier alpha value is -4.92. The highest BCUT2D eigenvalue weighted by atomic mass is 28.3. The number of ether oxygens (including phenoxy) is 1. The van der Waals surface area contributed by atoms with Crippen molar-refractivity contribution in [1.29, 1.82) is 0 Å². The maximum absolute atomic E-state index is 6.68. The van der Waals surface area contributed by atoms with Crippen LogP contribution in [0.4, 0.5) is 0 Å². The van der Waals surface area contributed by atoms with Crippen molar-refractivity contribution in [2.45, 2.75) is 39.4 Å². The van der Waals surface area contributed by atoms with E-state index in [9.17, 15) is 0 Å². The van der Waals surface area contributed by atoms with Crippen molar-refractivity contribution in [3.05, 3.63) is 168 Å². The van der Waals surface area contributed by atoms with E-state index >= 15 is 0 Å². The van der Waals surface area contributed by atoms with E-state index in [0.717, 1.165) is 11.3 Å². The van der Waals surface area contributed by atoms with Crippen LogP contribution in [0.3, 0.4) is 0 Å². The average molecular weight is 627 g/mol. The summed E-state index contributed by atoms with van der Waals surface area (Å²) >= 11 is 0. The molecule has 0 fully saturated rings. The molecule has 6 aromatic rings. The second kappa shape index (κ2) is 12.4. The van der Waals surface area contributed by atoms with Gasteiger partial charge in [0.15, 0.2) is 0 Å². The van der Waals surface area contributed by atoms with Crippen LogP contribution in [0.5, 0.6) is 5.75 Å². The SMILES string of the molecule is C=CCOc1c(-c2ccccc2)cc(C)cc1[Si](C)(C)C1c2cc(-c3ccccc3C)ccc2-c2ccc(-c3ccccc3C)cc21. The Labute approximate surface area is 281 Å².